The summed E-state index contributed by atoms with van der Waals surface area (Å²) in [6, 6.07) is 8.53. The van der Waals surface area contributed by atoms with Crippen molar-refractivity contribution in [3.63, 3.8) is 0 Å². The summed E-state index contributed by atoms with van der Waals surface area (Å²) in [6.45, 7) is 8.33. The Morgan fingerprint density at radius 2 is 2.07 bits per heavy atom. The number of unbranched alkanes of at least 4 members (excludes halogenated alkanes) is 1. The van der Waals surface area contributed by atoms with Crippen LogP contribution in [0.1, 0.15) is 69.7 Å². The van der Waals surface area contributed by atoms with E-state index in [0.717, 1.165) is 75.2 Å². The van der Waals surface area contributed by atoms with Gasteiger partial charge in [0.15, 0.2) is 0 Å². The Morgan fingerprint density at radius 3 is 2.83 bits per heavy atom. The number of nitrogens with zero attached hydrogens (tertiary/aromatic N) is 2. The van der Waals surface area contributed by atoms with E-state index in [2.05, 4.69) is 54.9 Å². The molecule has 0 aliphatic carbocycles. The Labute approximate surface area is 174 Å². The summed E-state index contributed by atoms with van der Waals surface area (Å²) in [4.78, 5) is 12.6. The zero-order valence-electron chi connectivity index (χ0n) is 18.1. The van der Waals surface area contributed by atoms with Crippen LogP contribution in [0.3, 0.4) is 0 Å². The summed E-state index contributed by atoms with van der Waals surface area (Å²) in [5.74, 6) is 0.726. The molecular weight excluding hydrogens is 362 g/mol. The number of hydrogen-bond donors (Lipinski definition) is 3. The highest BCUT2D eigenvalue weighted by atomic mass is 16.2. The fraction of sp³-hybridized carbons (Fsp3) is 0.565. The van der Waals surface area contributed by atoms with Crippen molar-refractivity contribution in [2.75, 3.05) is 11.9 Å². The van der Waals surface area contributed by atoms with Crippen LogP contribution in [0.15, 0.2) is 24.3 Å². The van der Waals surface area contributed by atoms with Gasteiger partial charge in [0.2, 0.25) is 0 Å². The number of rotatable bonds is 9. The molecule has 1 aromatic heterocycles. The summed E-state index contributed by atoms with van der Waals surface area (Å²) in [6.07, 6.45) is 7.16. The Bertz CT molecular complexity index is 814. The van der Waals surface area contributed by atoms with Crippen molar-refractivity contribution in [1.82, 2.24) is 20.4 Å². The largest absolute Gasteiger partial charge is 0.335 e. The van der Waals surface area contributed by atoms with Crippen LogP contribution in [-0.4, -0.2) is 28.4 Å². The van der Waals surface area contributed by atoms with E-state index >= 15 is 0 Å². The zero-order valence-corrected chi connectivity index (χ0v) is 18.1. The summed E-state index contributed by atoms with van der Waals surface area (Å²) < 4.78 is 1.88. The number of nitrogens with one attached hydrogen (secondary N) is 3. The van der Waals surface area contributed by atoms with Gasteiger partial charge in [-0.25, -0.2) is 9.48 Å². The summed E-state index contributed by atoms with van der Waals surface area (Å²) in [5.41, 5.74) is 4.71. The third-order valence-electron chi connectivity index (χ3n) is 5.57. The van der Waals surface area contributed by atoms with Crippen LogP contribution in [0.2, 0.25) is 0 Å². The second-order valence-electron chi connectivity index (χ2n) is 7.91. The van der Waals surface area contributed by atoms with Crippen LogP contribution in [0, 0.1) is 0 Å². The number of anilines is 1. The number of aromatic nitrogens is 2. The van der Waals surface area contributed by atoms with Gasteiger partial charge in [0, 0.05) is 18.7 Å². The van der Waals surface area contributed by atoms with Crippen molar-refractivity contribution in [3.8, 4) is 5.69 Å². The van der Waals surface area contributed by atoms with E-state index in [4.69, 9.17) is 5.10 Å². The third-order valence-corrected chi connectivity index (χ3v) is 5.57. The Kier molecular flexibility index (Phi) is 7.69. The van der Waals surface area contributed by atoms with Crippen molar-refractivity contribution >= 4 is 11.8 Å². The molecule has 0 spiro atoms. The topological polar surface area (TPSA) is 71.0 Å². The SMILES string of the molecule is CCCCc1cc(NC(=O)NC(CC)CCC)n(-c2ccc3c(c2)CNCC3)n1. The molecule has 1 unspecified atom stereocenters. The van der Waals surface area contributed by atoms with Gasteiger partial charge >= 0.3 is 6.03 Å². The van der Waals surface area contributed by atoms with Crippen LogP contribution >= 0.6 is 0 Å². The summed E-state index contributed by atoms with van der Waals surface area (Å²) in [7, 11) is 0. The zero-order chi connectivity index (χ0) is 20.6. The lowest BCUT2D eigenvalue weighted by Gasteiger charge is -2.19. The molecule has 158 valence electrons. The van der Waals surface area contributed by atoms with E-state index in [1.807, 2.05) is 10.7 Å². The van der Waals surface area contributed by atoms with Gasteiger partial charge < -0.3 is 10.6 Å². The van der Waals surface area contributed by atoms with Crippen LogP contribution in [-0.2, 0) is 19.4 Å². The number of carbonyl (C=O) groups excluding carboxylic acids is 1. The second-order valence-corrected chi connectivity index (χ2v) is 7.91. The number of urea groups is 1. The molecule has 1 aliphatic heterocycles. The minimum atomic E-state index is -0.159. The highest BCUT2D eigenvalue weighted by Crippen LogP contribution is 2.23. The molecule has 6 nitrogen and oxygen atoms in total. The summed E-state index contributed by atoms with van der Waals surface area (Å²) in [5, 5.41) is 14.4. The van der Waals surface area contributed by atoms with Crippen LogP contribution in [0.5, 0.6) is 0 Å². The first-order valence-electron chi connectivity index (χ1n) is 11.1. The lowest BCUT2D eigenvalue weighted by atomic mass is 10.0. The van der Waals surface area contributed by atoms with Gasteiger partial charge in [-0.3, -0.25) is 5.32 Å². The molecule has 6 heteroatoms. The first-order chi connectivity index (χ1) is 14.1. The highest BCUT2D eigenvalue weighted by molar-refractivity contribution is 5.89. The smallest absolute Gasteiger partial charge is 0.320 e. The molecule has 0 radical (unpaired) electrons. The van der Waals surface area contributed by atoms with E-state index in [-0.39, 0.29) is 12.1 Å². The van der Waals surface area contributed by atoms with Crippen LogP contribution < -0.4 is 16.0 Å². The minimum absolute atomic E-state index is 0.159. The number of aryl methyl sites for hydroxylation is 1. The maximum atomic E-state index is 12.6. The van der Waals surface area contributed by atoms with Gasteiger partial charge in [-0.1, -0.05) is 39.7 Å². The first-order valence-corrected chi connectivity index (χ1v) is 11.1. The molecule has 1 aromatic carbocycles. The third kappa shape index (κ3) is 5.60. The van der Waals surface area contributed by atoms with Crippen molar-refractivity contribution in [2.45, 2.75) is 78.3 Å². The Balaban J connectivity index is 1.84. The Hall–Kier alpha value is -2.34. The van der Waals surface area contributed by atoms with Crippen molar-refractivity contribution < 1.29 is 4.79 Å². The van der Waals surface area contributed by atoms with Gasteiger partial charge in [0.05, 0.1) is 11.4 Å². The van der Waals surface area contributed by atoms with E-state index in [9.17, 15) is 4.79 Å². The molecule has 1 aliphatic rings. The standard InChI is InChI=1S/C23H35N5O/c1-4-7-9-20-15-22(26-23(29)25-19(6-3)8-5-2)28(27-20)21-11-10-17-12-13-24-16-18(17)14-21/h10-11,14-15,19,24H,4-9,12-13,16H2,1-3H3,(H2,25,26,29). The van der Waals surface area contributed by atoms with Gasteiger partial charge in [0.1, 0.15) is 5.82 Å². The maximum Gasteiger partial charge on any atom is 0.320 e. The molecule has 2 amide bonds. The highest BCUT2D eigenvalue weighted by Gasteiger charge is 2.16. The lowest BCUT2D eigenvalue weighted by molar-refractivity contribution is 0.247. The van der Waals surface area contributed by atoms with Gasteiger partial charge in [-0.05, 0) is 61.9 Å². The molecular formula is C23H35N5O. The first kappa shape index (κ1) is 21.4. The molecule has 0 saturated carbocycles. The normalized spacial score (nSPS) is 14.3. The molecule has 0 saturated heterocycles. The van der Waals surface area contributed by atoms with E-state index in [1.165, 1.54) is 11.1 Å². The molecule has 29 heavy (non-hydrogen) atoms. The molecule has 2 aromatic rings. The van der Waals surface area contributed by atoms with Gasteiger partial charge in [-0.15, -0.1) is 0 Å². The van der Waals surface area contributed by atoms with Crippen molar-refractivity contribution in [1.29, 1.82) is 0 Å². The van der Waals surface area contributed by atoms with Crippen molar-refractivity contribution in [2.24, 2.45) is 0 Å². The average molecular weight is 398 g/mol. The quantitative estimate of drug-likeness (QED) is 0.581. The van der Waals surface area contributed by atoms with Crippen molar-refractivity contribution in [3.05, 3.63) is 41.1 Å². The number of hydrogen-bond acceptors (Lipinski definition) is 3. The second kappa shape index (κ2) is 10.4. The predicted octanol–water partition coefficient (Wildman–Crippen LogP) is 4.56. The maximum absolute atomic E-state index is 12.6. The Morgan fingerprint density at radius 1 is 1.21 bits per heavy atom. The number of fused-ring (bicyclic) bond motifs is 1. The fourth-order valence-electron chi connectivity index (χ4n) is 3.86. The average Bonchev–Trinajstić information content (AvgIpc) is 3.13. The number of amides is 2. The summed E-state index contributed by atoms with van der Waals surface area (Å²) >= 11 is 0. The van der Waals surface area contributed by atoms with Crippen LogP contribution in [0.25, 0.3) is 5.69 Å². The molecule has 0 bridgehead atoms. The van der Waals surface area contributed by atoms with Crippen LogP contribution in [0.4, 0.5) is 10.6 Å². The van der Waals surface area contributed by atoms with E-state index in [1.54, 1.807) is 0 Å². The predicted molar refractivity (Wildman–Crippen MR) is 119 cm³/mol. The fourth-order valence-corrected chi connectivity index (χ4v) is 3.86. The monoisotopic (exact) mass is 397 g/mol. The molecule has 3 rings (SSSR count). The van der Waals surface area contributed by atoms with E-state index in [0.29, 0.717) is 0 Å². The minimum Gasteiger partial charge on any atom is -0.335 e. The van der Waals surface area contributed by atoms with E-state index < -0.39 is 0 Å². The lowest BCUT2D eigenvalue weighted by Crippen LogP contribution is -2.37. The van der Waals surface area contributed by atoms with Gasteiger partial charge in [0.25, 0.3) is 0 Å². The molecule has 0 fully saturated rings. The number of benzene rings is 1. The number of carbonyl (C=O) groups is 1. The molecule has 3 N–H and O–H groups in total. The molecule has 1 atom stereocenters. The van der Waals surface area contributed by atoms with Gasteiger partial charge in [-0.2, -0.15) is 5.10 Å². The molecule has 2 heterocycles.